The Bertz CT molecular complexity index is 1440. The molecule has 11 nitrogen and oxygen atoms in total. The third-order valence-electron chi connectivity index (χ3n) is 7.93. The molecule has 0 heterocycles. The monoisotopic (exact) mass is 709 g/mol. The van der Waals surface area contributed by atoms with E-state index in [1.165, 1.54) is 12.5 Å². The molecule has 0 radical (unpaired) electrons. The average molecular weight is 710 g/mol. The number of hydrogen-bond donors (Lipinski definition) is 5. The first-order chi connectivity index (χ1) is 24.1. The van der Waals surface area contributed by atoms with Crippen LogP contribution in [0.3, 0.4) is 0 Å². The van der Waals surface area contributed by atoms with E-state index in [4.69, 9.17) is 4.74 Å². The molecular formula is C40H55NO10. The Morgan fingerprint density at radius 3 is 2.02 bits per heavy atom. The zero-order chi connectivity index (χ0) is 38.3. The molecule has 0 aliphatic heterocycles. The zero-order valence-electron chi connectivity index (χ0n) is 30.5. The van der Waals surface area contributed by atoms with Crippen LogP contribution in [0.2, 0.25) is 0 Å². The van der Waals surface area contributed by atoms with E-state index in [-0.39, 0.29) is 24.2 Å². The number of ketones is 1. The average Bonchev–Trinajstić information content (AvgIpc) is 3.04. The summed E-state index contributed by atoms with van der Waals surface area (Å²) < 4.78 is 5.56. The number of nitrogens with one attached hydrogen (secondary N) is 1. The van der Waals surface area contributed by atoms with Crippen LogP contribution in [0.1, 0.15) is 117 Å². The predicted octanol–water partition coefficient (Wildman–Crippen LogP) is 5.96. The number of carbonyl (C=O) groups excluding carboxylic acids is 2. The summed E-state index contributed by atoms with van der Waals surface area (Å²) in [4.78, 5) is 61.1. The largest absolute Gasteiger partial charge is 0.481 e. The third kappa shape index (κ3) is 19.4. The van der Waals surface area contributed by atoms with E-state index < -0.39 is 47.8 Å². The number of carbonyl (C=O) groups is 5. The van der Waals surface area contributed by atoms with E-state index in [0.29, 0.717) is 37.0 Å². The SMILES string of the molecule is CCCCCCCC(=O)CCCCCCC=C[C@H](C(=O)N[C@@H](Cc1ccc(OCC#CC#CC(C)(C)C)cc1)C(=O)O)[C@@](O)(CC(=O)O)C(=O)O. The number of carboxylic acids is 3. The molecule has 1 rings (SSSR count). The molecule has 0 fully saturated rings. The Balaban J connectivity index is 2.85. The lowest BCUT2D eigenvalue weighted by Crippen LogP contribution is -2.55. The van der Waals surface area contributed by atoms with Crippen LogP contribution < -0.4 is 10.1 Å². The molecule has 0 aromatic heterocycles. The molecule has 3 atom stereocenters. The maximum atomic E-state index is 13.4. The number of allylic oxidation sites excluding steroid dienone is 1. The van der Waals surface area contributed by atoms with Crippen LogP contribution in [0.5, 0.6) is 5.75 Å². The summed E-state index contributed by atoms with van der Waals surface area (Å²) in [6.45, 7) is 8.15. The molecule has 1 aromatic rings. The molecule has 0 unspecified atom stereocenters. The molecule has 0 saturated carbocycles. The number of aliphatic carboxylic acids is 3. The first-order valence-corrected chi connectivity index (χ1v) is 17.7. The number of unbranched alkanes of at least 4 members (excludes halogenated alkanes) is 8. The Morgan fingerprint density at radius 1 is 0.863 bits per heavy atom. The fourth-order valence-electron chi connectivity index (χ4n) is 5.07. The van der Waals surface area contributed by atoms with Crippen molar-refractivity contribution < 1.29 is 49.1 Å². The van der Waals surface area contributed by atoms with Crippen molar-refractivity contribution in [2.45, 2.75) is 129 Å². The summed E-state index contributed by atoms with van der Waals surface area (Å²) in [6.07, 6.45) is 11.1. The van der Waals surface area contributed by atoms with Crippen LogP contribution in [0.4, 0.5) is 0 Å². The van der Waals surface area contributed by atoms with Crippen molar-refractivity contribution >= 4 is 29.6 Å². The van der Waals surface area contributed by atoms with Gasteiger partial charge in [-0.3, -0.25) is 14.4 Å². The maximum Gasteiger partial charge on any atom is 0.337 e. The number of Topliss-reactive ketones (excluding diaryl/α,β-unsaturated/α-hetero) is 1. The van der Waals surface area contributed by atoms with Gasteiger partial charge in [-0.15, -0.1) is 0 Å². The number of aliphatic hydroxyl groups is 1. The molecule has 0 saturated heterocycles. The van der Waals surface area contributed by atoms with Gasteiger partial charge in [0.2, 0.25) is 5.91 Å². The van der Waals surface area contributed by atoms with Crippen molar-refractivity contribution in [3.05, 3.63) is 42.0 Å². The lowest BCUT2D eigenvalue weighted by atomic mass is 9.82. The summed E-state index contributed by atoms with van der Waals surface area (Å²) in [7, 11) is 0. The molecule has 0 aliphatic rings. The van der Waals surface area contributed by atoms with Crippen molar-refractivity contribution in [1.82, 2.24) is 5.32 Å². The molecule has 0 spiro atoms. The number of benzene rings is 1. The highest BCUT2D eigenvalue weighted by Crippen LogP contribution is 2.26. The highest BCUT2D eigenvalue weighted by molar-refractivity contribution is 5.94. The van der Waals surface area contributed by atoms with Gasteiger partial charge in [-0.2, -0.15) is 0 Å². The number of carboxylic acid groups (broad SMARTS) is 3. The third-order valence-corrected chi connectivity index (χ3v) is 7.93. The highest BCUT2D eigenvalue weighted by Gasteiger charge is 2.49. The normalized spacial score (nSPS) is 13.4. The molecule has 5 N–H and O–H groups in total. The quantitative estimate of drug-likeness (QED) is 0.0460. The molecule has 51 heavy (non-hydrogen) atoms. The summed E-state index contributed by atoms with van der Waals surface area (Å²) in [5, 5.41) is 42.2. The minimum atomic E-state index is -3.04. The molecule has 1 aromatic carbocycles. The molecule has 0 aliphatic carbocycles. The van der Waals surface area contributed by atoms with Gasteiger partial charge in [0.05, 0.1) is 12.3 Å². The van der Waals surface area contributed by atoms with Crippen molar-refractivity contribution in [3.63, 3.8) is 0 Å². The second-order valence-corrected chi connectivity index (χ2v) is 13.7. The van der Waals surface area contributed by atoms with E-state index in [1.807, 2.05) is 20.8 Å². The summed E-state index contributed by atoms with van der Waals surface area (Å²) in [6, 6.07) is 4.89. The van der Waals surface area contributed by atoms with Crippen LogP contribution in [0, 0.1) is 35.0 Å². The van der Waals surface area contributed by atoms with Crippen LogP contribution >= 0.6 is 0 Å². The van der Waals surface area contributed by atoms with E-state index in [0.717, 1.165) is 51.0 Å². The second-order valence-electron chi connectivity index (χ2n) is 13.7. The van der Waals surface area contributed by atoms with Crippen molar-refractivity contribution in [2.24, 2.45) is 11.3 Å². The van der Waals surface area contributed by atoms with Gasteiger partial charge in [-0.05, 0) is 81.9 Å². The van der Waals surface area contributed by atoms with E-state index in [1.54, 1.807) is 24.3 Å². The zero-order valence-corrected chi connectivity index (χ0v) is 30.5. The summed E-state index contributed by atoms with van der Waals surface area (Å²) >= 11 is 0. The molecule has 1 amide bonds. The van der Waals surface area contributed by atoms with E-state index in [9.17, 15) is 44.4 Å². The maximum absolute atomic E-state index is 13.4. The number of hydrogen-bond acceptors (Lipinski definition) is 7. The van der Waals surface area contributed by atoms with Crippen LogP contribution in [0.15, 0.2) is 36.4 Å². The lowest BCUT2D eigenvalue weighted by Gasteiger charge is -2.29. The fourth-order valence-corrected chi connectivity index (χ4v) is 5.07. The van der Waals surface area contributed by atoms with Gasteiger partial charge < -0.3 is 30.5 Å². The Kier molecular flexibility index (Phi) is 20.7. The van der Waals surface area contributed by atoms with Crippen LogP contribution in [-0.2, 0) is 30.4 Å². The molecule has 280 valence electrons. The number of rotatable bonds is 25. The smallest absolute Gasteiger partial charge is 0.337 e. The van der Waals surface area contributed by atoms with Crippen LogP contribution in [0.25, 0.3) is 0 Å². The van der Waals surface area contributed by atoms with Crippen LogP contribution in [-0.4, -0.2) is 68.3 Å². The first-order valence-electron chi connectivity index (χ1n) is 17.7. The molecule has 0 bridgehead atoms. The van der Waals surface area contributed by atoms with Gasteiger partial charge in [-0.1, -0.05) is 75.7 Å². The van der Waals surface area contributed by atoms with Gasteiger partial charge in [0.15, 0.2) is 5.60 Å². The van der Waals surface area contributed by atoms with Gasteiger partial charge in [0, 0.05) is 24.7 Å². The topological polar surface area (TPSA) is 188 Å². The van der Waals surface area contributed by atoms with Crippen molar-refractivity contribution in [1.29, 1.82) is 0 Å². The van der Waals surface area contributed by atoms with E-state index >= 15 is 0 Å². The van der Waals surface area contributed by atoms with Gasteiger partial charge in [-0.25, -0.2) is 9.59 Å². The standard InChI is InChI=1S/C40H55NO10/c1-5-6-7-10-14-19-31(42)20-15-11-8-9-12-16-21-33(40(50,38(48)49)29-35(43)44)36(45)41-34(37(46)47)28-30-22-24-32(25-23-30)51-27-18-13-17-26-39(2,3)4/h16,21-25,33-34,50H,5-12,14-15,19-20,27-29H2,1-4H3,(H,41,45)(H,43,44)(H,46,47)(H,48,49)/t33-,34+,40+/m1/s1. The predicted molar refractivity (Wildman–Crippen MR) is 194 cm³/mol. The first kappa shape index (κ1) is 44.4. The molecular weight excluding hydrogens is 654 g/mol. The highest BCUT2D eigenvalue weighted by atomic mass is 16.5. The summed E-state index contributed by atoms with van der Waals surface area (Å²) in [5.41, 5.74) is -2.69. The Hall–Kier alpha value is -4.61. The Morgan fingerprint density at radius 2 is 1.47 bits per heavy atom. The van der Waals surface area contributed by atoms with Gasteiger partial charge in [0.25, 0.3) is 0 Å². The second kappa shape index (κ2) is 23.7. The summed E-state index contributed by atoms with van der Waals surface area (Å²) in [5.74, 6) is 3.95. The van der Waals surface area contributed by atoms with Crippen molar-refractivity contribution in [2.75, 3.05) is 6.61 Å². The number of ether oxygens (including phenoxy) is 1. The van der Waals surface area contributed by atoms with Crippen molar-refractivity contribution in [3.8, 4) is 29.4 Å². The minimum Gasteiger partial charge on any atom is -0.481 e. The van der Waals surface area contributed by atoms with Gasteiger partial charge in [0.1, 0.15) is 24.2 Å². The Labute approximate surface area is 302 Å². The lowest BCUT2D eigenvalue weighted by molar-refractivity contribution is -0.172. The fraction of sp³-hybridized carbons (Fsp3) is 0.575. The van der Waals surface area contributed by atoms with Gasteiger partial charge >= 0.3 is 17.9 Å². The molecule has 11 heteroatoms. The van der Waals surface area contributed by atoms with E-state index in [2.05, 4.69) is 35.9 Å². The minimum absolute atomic E-state index is 0.0873. The number of amides is 1.